The molecule has 0 atom stereocenters. The van der Waals surface area contributed by atoms with Crippen LogP contribution in [0.5, 0.6) is 5.75 Å². The van der Waals surface area contributed by atoms with Crippen molar-refractivity contribution in [2.75, 3.05) is 4.90 Å². The molecule has 0 aliphatic heterocycles. The molecule has 1 aromatic heterocycles. The fraction of sp³-hybridized carbons (Fsp3) is 0.190. The van der Waals surface area contributed by atoms with Gasteiger partial charge >= 0.3 is 5.97 Å². The predicted octanol–water partition coefficient (Wildman–Crippen LogP) is 5.11. The Labute approximate surface area is 177 Å². The van der Waals surface area contributed by atoms with E-state index < -0.39 is 5.97 Å². The Hall–Kier alpha value is -2.90. The summed E-state index contributed by atoms with van der Waals surface area (Å²) in [4.78, 5) is 30.3. The number of nitrogens with zero attached hydrogens (tertiary/aromatic N) is 2. The van der Waals surface area contributed by atoms with Crippen molar-refractivity contribution in [3.05, 3.63) is 69.7 Å². The molecule has 3 aromatic rings. The predicted molar refractivity (Wildman–Crippen MR) is 113 cm³/mol. The number of carbonyl (C=O) groups excluding carboxylic acids is 2. The minimum atomic E-state index is -0.688. The molecule has 0 radical (unpaired) electrons. The van der Waals surface area contributed by atoms with E-state index in [-0.39, 0.29) is 23.8 Å². The number of aromatic hydroxyl groups is 1. The van der Waals surface area contributed by atoms with Gasteiger partial charge in [-0.05, 0) is 42.3 Å². The molecule has 150 valence electrons. The Balaban J connectivity index is 1.72. The van der Waals surface area contributed by atoms with Gasteiger partial charge < -0.3 is 9.84 Å². The first kappa shape index (κ1) is 20.8. The zero-order valence-electron chi connectivity index (χ0n) is 15.9. The normalized spacial score (nSPS) is 10.6. The van der Waals surface area contributed by atoms with Crippen molar-refractivity contribution in [2.24, 2.45) is 0 Å². The molecular weight excluding hydrogens is 412 g/mol. The molecule has 8 heteroatoms. The number of amides is 1. The van der Waals surface area contributed by atoms with Crippen molar-refractivity contribution in [3.8, 4) is 5.75 Å². The van der Waals surface area contributed by atoms with Gasteiger partial charge in [0, 0.05) is 17.3 Å². The zero-order valence-corrected chi connectivity index (χ0v) is 17.5. The van der Waals surface area contributed by atoms with E-state index in [0.717, 1.165) is 12.1 Å². The third-order valence-corrected chi connectivity index (χ3v) is 5.29. The van der Waals surface area contributed by atoms with Gasteiger partial charge in [-0.2, -0.15) is 0 Å². The highest BCUT2D eigenvalue weighted by molar-refractivity contribution is 7.14. The number of esters is 1. The quantitative estimate of drug-likeness (QED) is 0.550. The first-order valence-electron chi connectivity index (χ1n) is 8.88. The van der Waals surface area contributed by atoms with Gasteiger partial charge in [0.15, 0.2) is 5.13 Å². The lowest BCUT2D eigenvalue weighted by Crippen LogP contribution is -2.22. The highest BCUT2D eigenvalue weighted by Crippen LogP contribution is 2.30. The van der Waals surface area contributed by atoms with Crippen LogP contribution in [0.25, 0.3) is 0 Å². The van der Waals surface area contributed by atoms with Crippen LogP contribution in [-0.4, -0.2) is 22.0 Å². The van der Waals surface area contributed by atoms with Crippen molar-refractivity contribution >= 4 is 45.6 Å². The molecule has 29 heavy (non-hydrogen) atoms. The summed E-state index contributed by atoms with van der Waals surface area (Å²) < 4.78 is 5.22. The number of phenolic OH excluding ortho intramolecular Hbond substituents is 1. The molecular formula is C21H19ClN2O4S. The van der Waals surface area contributed by atoms with Crippen LogP contribution in [0.3, 0.4) is 0 Å². The molecule has 0 aliphatic carbocycles. The van der Waals surface area contributed by atoms with E-state index in [1.807, 2.05) is 24.3 Å². The number of hydrogen-bond acceptors (Lipinski definition) is 6. The number of phenols is 1. The molecule has 0 fully saturated rings. The van der Waals surface area contributed by atoms with E-state index >= 15 is 0 Å². The number of ether oxygens (including phenoxy) is 1. The van der Waals surface area contributed by atoms with Crippen LogP contribution in [0.15, 0.2) is 47.8 Å². The standard InChI is InChI=1S/C21H19ClN2O4S/c1-3-14-4-7-17(8-5-14)24(13(2)25)21-23-16(12-29-21)11-28-20(27)18-9-6-15(22)10-19(18)26/h4-10,12,26H,3,11H2,1-2H3. The largest absolute Gasteiger partial charge is 0.507 e. The lowest BCUT2D eigenvalue weighted by molar-refractivity contribution is -0.115. The Kier molecular flexibility index (Phi) is 6.51. The Morgan fingerprint density at radius 1 is 1.21 bits per heavy atom. The molecule has 2 aromatic carbocycles. The fourth-order valence-electron chi connectivity index (χ4n) is 2.67. The van der Waals surface area contributed by atoms with E-state index in [1.165, 1.54) is 46.9 Å². The van der Waals surface area contributed by atoms with E-state index in [2.05, 4.69) is 11.9 Å². The molecule has 0 saturated carbocycles. The van der Waals surface area contributed by atoms with Crippen molar-refractivity contribution in [1.29, 1.82) is 0 Å². The first-order valence-corrected chi connectivity index (χ1v) is 10.1. The summed E-state index contributed by atoms with van der Waals surface area (Å²) >= 11 is 7.05. The fourth-order valence-corrected chi connectivity index (χ4v) is 3.71. The number of aromatic nitrogens is 1. The molecule has 0 spiro atoms. The van der Waals surface area contributed by atoms with E-state index in [9.17, 15) is 14.7 Å². The molecule has 1 amide bonds. The second kappa shape index (κ2) is 9.07. The van der Waals surface area contributed by atoms with Crippen LogP contribution < -0.4 is 4.90 Å². The monoisotopic (exact) mass is 430 g/mol. The zero-order chi connectivity index (χ0) is 21.0. The number of anilines is 2. The number of thiazole rings is 1. The van der Waals surface area contributed by atoms with Crippen molar-refractivity contribution < 1.29 is 19.4 Å². The Morgan fingerprint density at radius 3 is 2.55 bits per heavy atom. The van der Waals surface area contributed by atoms with Crippen molar-refractivity contribution in [2.45, 2.75) is 26.9 Å². The van der Waals surface area contributed by atoms with Crippen LogP contribution >= 0.6 is 22.9 Å². The smallest absolute Gasteiger partial charge is 0.342 e. The number of rotatable bonds is 6. The number of benzene rings is 2. The highest BCUT2D eigenvalue weighted by Gasteiger charge is 2.19. The lowest BCUT2D eigenvalue weighted by Gasteiger charge is -2.18. The molecule has 1 N–H and O–H groups in total. The minimum Gasteiger partial charge on any atom is -0.507 e. The van der Waals surface area contributed by atoms with Gasteiger partial charge in [-0.15, -0.1) is 11.3 Å². The highest BCUT2D eigenvalue weighted by atomic mass is 35.5. The minimum absolute atomic E-state index is 0.0197. The summed E-state index contributed by atoms with van der Waals surface area (Å²) in [5.41, 5.74) is 2.42. The second-order valence-corrected chi connectivity index (χ2v) is 7.51. The summed E-state index contributed by atoms with van der Waals surface area (Å²) in [5, 5.41) is 12.3. The lowest BCUT2D eigenvalue weighted by atomic mass is 10.1. The summed E-state index contributed by atoms with van der Waals surface area (Å²) in [6.45, 7) is 3.45. The van der Waals surface area contributed by atoms with Crippen molar-refractivity contribution in [1.82, 2.24) is 4.98 Å². The molecule has 1 heterocycles. The number of carbonyl (C=O) groups is 2. The second-order valence-electron chi connectivity index (χ2n) is 6.23. The summed E-state index contributed by atoms with van der Waals surface area (Å²) in [6, 6.07) is 11.9. The third kappa shape index (κ3) is 4.93. The summed E-state index contributed by atoms with van der Waals surface area (Å²) in [6.07, 6.45) is 0.913. The van der Waals surface area contributed by atoms with Gasteiger partial charge in [0.25, 0.3) is 0 Å². The van der Waals surface area contributed by atoms with Crippen molar-refractivity contribution in [3.63, 3.8) is 0 Å². The van der Waals surface area contributed by atoms with E-state index in [0.29, 0.717) is 15.8 Å². The maximum atomic E-state index is 12.2. The molecule has 6 nitrogen and oxygen atoms in total. The maximum Gasteiger partial charge on any atom is 0.342 e. The van der Waals surface area contributed by atoms with Gasteiger partial charge in [0.2, 0.25) is 5.91 Å². The van der Waals surface area contributed by atoms with Gasteiger partial charge in [0.05, 0.1) is 11.4 Å². The number of hydrogen-bond donors (Lipinski definition) is 1. The van der Waals surface area contributed by atoms with E-state index in [1.54, 1.807) is 5.38 Å². The average Bonchev–Trinajstić information content (AvgIpc) is 3.15. The van der Waals surface area contributed by atoms with E-state index in [4.69, 9.17) is 16.3 Å². The van der Waals surface area contributed by atoms with Crippen LogP contribution in [0, 0.1) is 0 Å². The SMILES string of the molecule is CCc1ccc(N(C(C)=O)c2nc(COC(=O)c3ccc(Cl)cc3O)cs2)cc1. The summed E-state index contributed by atoms with van der Waals surface area (Å²) in [7, 11) is 0. The molecule has 0 unspecified atom stereocenters. The van der Waals surface area contributed by atoms with Crippen LogP contribution in [0.2, 0.25) is 5.02 Å². The van der Waals surface area contributed by atoms with Gasteiger partial charge in [0.1, 0.15) is 17.9 Å². The Bertz CT molecular complexity index is 1030. The third-order valence-electron chi connectivity index (χ3n) is 4.18. The molecule has 3 rings (SSSR count). The summed E-state index contributed by atoms with van der Waals surface area (Å²) in [5.74, 6) is -1.11. The average molecular weight is 431 g/mol. The Morgan fingerprint density at radius 2 is 1.93 bits per heavy atom. The first-order chi connectivity index (χ1) is 13.9. The van der Waals surface area contributed by atoms with Gasteiger partial charge in [-0.1, -0.05) is 30.7 Å². The topological polar surface area (TPSA) is 79.7 Å². The van der Waals surface area contributed by atoms with Gasteiger partial charge in [-0.25, -0.2) is 9.78 Å². The van der Waals surface area contributed by atoms with Crippen LogP contribution in [0.1, 0.15) is 35.5 Å². The number of halogens is 1. The maximum absolute atomic E-state index is 12.2. The van der Waals surface area contributed by atoms with Gasteiger partial charge in [-0.3, -0.25) is 9.69 Å². The number of aryl methyl sites for hydroxylation is 1. The van der Waals surface area contributed by atoms with Crippen LogP contribution in [-0.2, 0) is 22.6 Å². The molecule has 0 bridgehead atoms. The molecule has 0 aliphatic rings. The molecule has 0 saturated heterocycles. The van der Waals surface area contributed by atoms with Crippen LogP contribution in [0.4, 0.5) is 10.8 Å².